The Labute approximate surface area is 201 Å². The molecular formula is C18H33N9O6S. The van der Waals surface area contributed by atoms with Crippen molar-refractivity contribution >= 4 is 53.7 Å². The lowest BCUT2D eigenvalue weighted by molar-refractivity contribution is -0.132. The van der Waals surface area contributed by atoms with Crippen LogP contribution in [0, 0.1) is 5.41 Å². The fourth-order valence-corrected chi connectivity index (χ4v) is 2.99. The minimum Gasteiger partial charge on any atom is -0.370 e. The van der Waals surface area contributed by atoms with Crippen LogP contribution in [0.4, 0.5) is 0 Å². The molecule has 0 heterocycles. The first-order valence-electron chi connectivity index (χ1n) is 10.3. The Bertz CT molecular complexity index is 737. The highest BCUT2D eigenvalue weighted by Crippen LogP contribution is 2.01. The highest BCUT2D eigenvalue weighted by molar-refractivity contribution is 7.98. The zero-order valence-electron chi connectivity index (χ0n) is 18.9. The number of hydrogen-bond donors (Lipinski definition) is 9. The summed E-state index contributed by atoms with van der Waals surface area (Å²) in [7, 11) is 0. The van der Waals surface area contributed by atoms with Gasteiger partial charge >= 0.3 is 0 Å². The maximum atomic E-state index is 12.5. The molecule has 0 aromatic carbocycles. The van der Waals surface area contributed by atoms with E-state index in [1.807, 2.05) is 6.26 Å². The van der Waals surface area contributed by atoms with Crippen LogP contribution in [0.25, 0.3) is 0 Å². The monoisotopic (exact) mass is 503 g/mol. The quantitative estimate of drug-likeness (QED) is 0.0377. The van der Waals surface area contributed by atoms with Crippen LogP contribution < -0.4 is 43.4 Å². The average molecular weight is 504 g/mol. The van der Waals surface area contributed by atoms with Gasteiger partial charge in [-0.2, -0.15) is 11.8 Å². The lowest BCUT2D eigenvalue weighted by Gasteiger charge is -2.20. The molecule has 15 nitrogen and oxygen atoms in total. The Balaban J connectivity index is 4.89. The summed E-state index contributed by atoms with van der Waals surface area (Å²) < 4.78 is 0. The van der Waals surface area contributed by atoms with Gasteiger partial charge in [0.15, 0.2) is 5.96 Å². The van der Waals surface area contributed by atoms with Crippen molar-refractivity contribution < 1.29 is 28.8 Å². The van der Waals surface area contributed by atoms with Crippen LogP contribution >= 0.6 is 11.8 Å². The molecule has 0 bridgehead atoms. The van der Waals surface area contributed by atoms with Crippen molar-refractivity contribution in [1.29, 1.82) is 5.41 Å². The van der Waals surface area contributed by atoms with E-state index in [-0.39, 0.29) is 25.5 Å². The van der Waals surface area contributed by atoms with E-state index >= 15 is 0 Å². The van der Waals surface area contributed by atoms with E-state index < -0.39 is 54.7 Å². The molecule has 0 rings (SSSR count). The molecule has 2 unspecified atom stereocenters. The van der Waals surface area contributed by atoms with Crippen LogP contribution in [0.15, 0.2) is 0 Å². The van der Waals surface area contributed by atoms with E-state index in [0.717, 1.165) is 0 Å². The summed E-state index contributed by atoms with van der Waals surface area (Å²) in [6.07, 6.45) is 2.99. The predicted molar refractivity (Wildman–Crippen MR) is 125 cm³/mol. The predicted octanol–water partition coefficient (Wildman–Crippen LogP) is -4.56. The number of carbonyl (C=O) groups excluding carboxylic acids is 6. The number of primary amides is 1. The Hall–Kier alpha value is -3.56. The first-order chi connectivity index (χ1) is 16.1. The van der Waals surface area contributed by atoms with Gasteiger partial charge in [0.1, 0.15) is 12.1 Å². The minimum absolute atomic E-state index is 0.153. The molecule has 0 saturated heterocycles. The van der Waals surface area contributed by atoms with Crippen molar-refractivity contribution in [3.8, 4) is 0 Å². The van der Waals surface area contributed by atoms with Gasteiger partial charge in [0, 0.05) is 6.54 Å². The number of amides is 6. The number of nitrogens with two attached hydrogens (primary N) is 2. The summed E-state index contributed by atoms with van der Waals surface area (Å²) in [4.78, 5) is 70.1. The van der Waals surface area contributed by atoms with E-state index in [0.29, 0.717) is 25.0 Å². The van der Waals surface area contributed by atoms with Gasteiger partial charge < -0.3 is 43.4 Å². The second-order valence-corrected chi connectivity index (χ2v) is 7.89. The highest BCUT2D eigenvalue weighted by Gasteiger charge is 2.23. The Kier molecular flexibility index (Phi) is 16.1. The van der Waals surface area contributed by atoms with Gasteiger partial charge in [-0.15, -0.1) is 0 Å². The molecule has 0 aliphatic rings. The van der Waals surface area contributed by atoms with Crippen molar-refractivity contribution in [2.45, 2.75) is 31.3 Å². The van der Waals surface area contributed by atoms with E-state index in [4.69, 9.17) is 16.9 Å². The Morgan fingerprint density at radius 2 is 1.44 bits per heavy atom. The number of guanidine groups is 1. The molecule has 6 amide bonds. The van der Waals surface area contributed by atoms with Crippen molar-refractivity contribution in [2.75, 3.05) is 38.2 Å². The highest BCUT2D eigenvalue weighted by atomic mass is 32.2. The second kappa shape index (κ2) is 17.9. The van der Waals surface area contributed by atoms with Gasteiger partial charge in [-0.25, -0.2) is 0 Å². The molecule has 0 fully saturated rings. The van der Waals surface area contributed by atoms with Crippen LogP contribution in [-0.2, 0) is 28.8 Å². The molecule has 16 heteroatoms. The summed E-state index contributed by atoms with van der Waals surface area (Å²) in [5.41, 5.74) is 10.2. The van der Waals surface area contributed by atoms with Crippen LogP contribution in [0.1, 0.15) is 19.3 Å². The second-order valence-electron chi connectivity index (χ2n) is 6.91. The van der Waals surface area contributed by atoms with Gasteiger partial charge in [0.05, 0.1) is 19.6 Å². The van der Waals surface area contributed by atoms with Gasteiger partial charge in [-0.1, -0.05) is 0 Å². The topological polar surface area (TPSA) is 250 Å². The van der Waals surface area contributed by atoms with E-state index in [2.05, 4.69) is 31.9 Å². The lowest BCUT2D eigenvalue weighted by atomic mass is 10.1. The first-order valence-corrected chi connectivity index (χ1v) is 11.7. The van der Waals surface area contributed by atoms with Crippen LogP contribution in [0.3, 0.4) is 0 Å². The molecule has 2 atom stereocenters. The van der Waals surface area contributed by atoms with Crippen LogP contribution in [0.2, 0.25) is 0 Å². The smallest absolute Gasteiger partial charge is 0.243 e. The minimum atomic E-state index is -1.03. The lowest BCUT2D eigenvalue weighted by Crippen LogP contribution is -2.53. The maximum absolute atomic E-state index is 12.5. The largest absolute Gasteiger partial charge is 0.370 e. The zero-order chi connectivity index (χ0) is 25.9. The SMILES string of the molecule is CSCCC(NC(=O)CNC=O)C(=O)NCC(=O)NC(CCCNC(=N)N)C(=O)NCC(N)=O. The summed E-state index contributed by atoms with van der Waals surface area (Å²) in [5.74, 6) is -2.94. The molecule has 0 aromatic heterocycles. The number of nitrogens with one attached hydrogen (secondary N) is 7. The van der Waals surface area contributed by atoms with E-state index in [9.17, 15) is 28.8 Å². The summed E-state index contributed by atoms with van der Waals surface area (Å²) in [6.45, 7) is -0.906. The van der Waals surface area contributed by atoms with Gasteiger partial charge in [-0.05, 0) is 31.3 Å². The van der Waals surface area contributed by atoms with E-state index in [1.54, 1.807) is 0 Å². The molecule has 11 N–H and O–H groups in total. The standard InChI is InChI=1S/C18H33N9O6S/c1-34-6-4-12(27-14(30)8-22-10-28)17(33)25-9-15(31)26-11(3-2-5-23-18(20)21)16(32)24-7-13(19)29/h10-12H,2-9H2,1H3,(H2,19,29)(H,22,28)(H,24,32)(H,25,33)(H,26,31)(H,27,30)(H4,20,21,23). The molecule has 0 saturated carbocycles. The third-order valence-corrected chi connectivity index (χ3v) is 4.75. The normalized spacial score (nSPS) is 11.8. The molecule has 0 aliphatic carbocycles. The zero-order valence-corrected chi connectivity index (χ0v) is 19.7. The first kappa shape index (κ1) is 30.4. The molecule has 0 spiro atoms. The van der Waals surface area contributed by atoms with Crippen molar-refractivity contribution in [3.05, 3.63) is 0 Å². The number of thioether (sulfide) groups is 1. The summed E-state index contributed by atoms with van der Waals surface area (Å²) in [5, 5.41) is 21.5. The van der Waals surface area contributed by atoms with Crippen molar-refractivity contribution in [2.24, 2.45) is 11.5 Å². The fraction of sp³-hybridized carbons (Fsp3) is 0.611. The Morgan fingerprint density at radius 3 is 1.97 bits per heavy atom. The van der Waals surface area contributed by atoms with Crippen molar-refractivity contribution in [3.63, 3.8) is 0 Å². The molecule has 0 aromatic rings. The molecular weight excluding hydrogens is 470 g/mol. The summed E-state index contributed by atoms with van der Waals surface area (Å²) >= 11 is 1.46. The fourth-order valence-electron chi connectivity index (χ4n) is 2.52. The molecule has 192 valence electrons. The van der Waals surface area contributed by atoms with Crippen molar-refractivity contribution in [1.82, 2.24) is 31.9 Å². The number of rotatable bonds is 18. The van der Waals surface area contributed by atoms with Crippen LogP contribution in [-0.4, -0.2) is 92.2 Å². The summed E-state index contributed by atoms with van der Waals surface area (Å²) in [6, 6.07) is -1.95. The van der Waals surface area contributed by atoms with Gasteiger partial charge in [0.2, 0.25) is 35.9 Å². The third kappa shape index (κ3) is 15.3. The number of carbonyl (C=O) groups is 6. The third-order valence-electron chi connectivity index (χ3n) is 4.11. The maximum Gasteiger partial charge on any atom is 0.243 e. The average Bonchev–Trinajstić information content (AvgIpc) is 2.78. The van der Waals surface area contributed by atoms with Gasteiger partial charge in [-0.3, -0.25) is 34.2 Å². The van der Waals surface area contributed by atoms with Crippen LogP contribution in [0.5, 0.6) is 0 Å². The number of hydrogen-bond acceptors (Lipinski definition) is 8. The van der Waals surface area contributed by atoms with Gasteiger partial charge in [0.25, 0.3) is 0 Å². The molecule has 0 radical (unpaired) electrons. The van der Waals surface area contributed by atoms with E-state index in [1.165, 1.54) is 11.8 Å². The molecule has 34 heavy (non-hydrogen) atoms. The molecule has 0 aliphatic heterocycles. The Morgan fingerprint density at radius 1 is 0.882 bits per heavy atom.